The van der Waals surface area contributed by atoms with Crippen molar-refractivity contribution in [3.05, 3.63) is 0 Å². The molecule has 10 heavy (non-hydrogen) atoms. The number of rotatable bonds is 0. The summed E-state index contributed by atoms with van der Waals surface area (Å²) < 4.78 is 32.1. The van der Waals surface area contributed by atoms with E-state index in [1.165, 1.54) is 0 Å². The smallest absolute Gasteiger partial charge is 0 e. The Labute approximate surface area is 120 Å². The van der Waals surface area contributed by atoms with Gasteiger partial charge in [-0.3, -0.25) is 0 Å². The summed E-state index contributed by atoms with van der Waals surface area (Å²) in [6.45, 7) is 0. The quantitative estimate of drug-likeness (QED) is 0.314. The molecule has 0 rings (SSSR count). The molecule has 0 bridgehead atoms. The Hall–Kier alpha value is 2.82. The van der Waals surface area contributed by atoms with Crippen LogP contribution in [0.25, 0.3) is 0 Å². The van der Waals surface area contributed by atoms with Crippen molar-refractivity contribution in [3.63, 3.8) is 0 Å². The first-order valence-electron chi connectivity index (χ1n) is 0.698. The summed E-state index contributed by atoms with van der Waals surface area (Å²) in [7, 11) is 0. The van der Waals surface area contributed by atoms with E-state index in [9.17, 15) is 0 Å². The van der Waals surface area contributed by atoms with Crippen LogP contribution in [0.1, 0.15) is 0 Å². The zero-order chi connectivity index (χ0) is 4.50. The summed E-state index contributed by atoms with van der Waals surface area (Å²) in [6, 6.07) is 0. The molecule has 0 fully saturated rings. The molecule has 0 amide bonds. The van der Waals surface area contributed by atoms with Gasteiger partial charge in [0.25, 0.3) is 0 Å². The van der Waals surface area contributed by atoms with E-state index in [4.69, 9.17) is 14.3 Å². The zero-order valence-electron chi connectivity index (χ0n) is 3.53. The van der Waals surface area contributed by atoms with Crippen LogP contribution in [0.2, 0.25) is 0 Å². The van der Waals surface area contributed by atoms with Crippen molar-refractivity contribution in [2.24, 2.45) is 0 Å². The van der Waals surface area contributed by atoms with Gasteiger partial charge in [-0.25, -0.2) is 0 Å². The summed E-state index contributed by atoms with van der Waals surface area (Å²) >= 11 is -5.67. The van der Waals surface area contributed by atoms with Crippen molar-refractivity contribution in [3.8, 4) is 0 Å². The molecular formula is H8Na2O6W2. The van der Waals surface area contributed by atoms with Gasteiger partial charge in [0.2, 0.25) is 0 Å². The van der Waals surface area contributed by atoms with E-state index in [-0.39, 0.29) is 91.1 Å². The summed E-state index contributed by atoms with van der Waals surface area (Å²) in [6.07, 6.45) is 0. The molecule has 0 aliphatic rings. The SMILES string of the molecule is O.O.[NaH].[NaH].[O]=[W](=[O])([OH])[OH].[W]. The molecule has 0 aromatic rings. The molecular weight excluding hydrogens is 510 g/mol. The van der Waals surface area contributed by atoms with Crippen LogP contribution in [-0.2, 0) is 44.6 Å². The van der Waals surface area contributed by atoms with E-state index in [1.54, 1.807) is 0 Å². The first-order valence-corrected chi connectivity index (χ1v) is 5.72. The van der Waals surface area contributed by atoms with Crippen LogP contribution in [0.15, 0.2) is 0 Å². The molecule has 0 aromatic carbocycles. The zero-order valence-corrected chi connectivity index (χ0v) is 9.39. The second kappa shape index (κ2) is 17.8. The first kappa shape index (κ1) is 38.5. The van der Waals surface area contributed by atoms with E-state index in [0.717, 1.165) is 0 Å². The minimum atomic E-state index is -5.67. The fourth-order valence-corrected chi connectivity index (χ4v) is 0. The molecule has 10 heteroatoms. The molecule has 0 atom stereocenters. The van der Waals surface area contributed by atoms with Gasteiger partial charge >= 0.3 is 90.2 Å². The molecule has 0 aliphatic heterocycles. The Balaban J connectivity index is -0.00000000800. The third-order valence-electron chi connectivity index (χ3n) is 0. The minimum absolute atomic E-state index is 0. The summed E-state index contributed by atoms with van der Waals surface area (Å²) in [4.78, 5) is 0. The maximum atomic E-state index is 8.87. The third kappa shape index (κ3) is 131. The fraction of sp³-hybridized carbons (Fsp3) is 0. The Morgan fingerprint density at radius 2 is 0.900 bits per heavy atom. The van der Waals surface area contributed by atoms with E-state index in [2.05, 4.69) is 0 Å². The van der Waals surface area contributed by atoms with Crippen LogP contribution in [-0.4, -0.2) is 77.6 Å². The van der Waals surface area contributed by atoms with E-state index >= 15 is 0 Å². The summed E-state index contributed by atoms with van der Waals surface area (Å²) in [5.74, 6) is 0. The molecule has 0 saturated heterocycles. The van der Waals surface area contributed by atoms with Gasteiger partial charge in [-0.15, -0.1) is 0 Å². The normalized spacial score (nSPS) is 5.80. The van der Waals surface area contributed by atoms with Crippen molar-refractivity contribution in [1.82, 2.24) is 0 Å². The van der Waals surface area contributed by atoms with Crippen molar-refractivity contribution >= 4 is 59.1 Å². The molecule has 0 unspecified atom stereocenters. The van der Waals surface area contributed by atoms with Crippen LogP contribution >= 0.6 is 0 Å². The monoisotopic (exact) mass is 518 g/mol. The van der Waals surface area contributed by atoms with Crippen LogP contribution < -0.4 is 0 Å². The van der Waals surface area contributed by atoms with Crippen molar-refractivity contribution in [2.45, 2.75) is 0 Å². The number of hydrogen-bond donors (Lipinski definition) is 2. The Bertz CT molecular complexity index is 96.9. The first-order chi connectivity index (χ1) is 2.00. The molecule has 6 N–H and O–H groups in total. The van der Waals surface area contributed by atoms with Gasteiger partial charge in [0.1, 0.15) is 0 Å². The fourth-order valence-electron chi connectivity index (χ4n) is 0. The Kier molecular flexibility index (Phi) is 68.5. The van der Waals surface area contributed by atoms with E-state index in [0.29, 0.717) is 0 Å². The number of hydrogen-bond acceptors (Lipinski definition) is 2. The average Bonchev–Trinajstić information content (AvgIpc) is 0.722. The average molecular weight is 518 g/mol. The van der Waals surface area contributed by atoms with Crippen LogP contribution in [0.4, 0.5) is 0 Å². The topological polar surface area (TPSA) is 138 Å². The van der Waals surface area contributed by atoms with Crippen molar-refractivity contribution in [2.75, 3.05) is 0 Å². The largest absolute Gasteiger partial charge is 0 e. The van der Waals surface area contributed by atoms with Crippen molar-refractivity contribution < 1.29 is 63.1 Å². The summed E-state index contributed by atoms with van der Waals surface area (Å²) in [5, 5.41) is 0. The third-order valence-corrected chi connectivity index (χ3v) is 0. The molecule has 0 aliphatic carbocycles. The standard InChI is InChI=1S/2Na.4H2O.2O.2W.2H/h;;4*1H2;;;;;;/q;;;;;;;;;+2;;/p-2. The maximum absolute atomic E-state index is 8.87. The molecule has 58 valence electrons. The van der Waals surface area contributed by atoms with Crippen LogP contribution in [0.3, 0.4) is 0 Å². The second-order valence-electron chi connectivity index (χ2n) is 0.448. The second-order valence-corrected chi connectivity index (χ2v) is 3.67. The molecule has 6 nitrogen and oxygen atoms in total. The predicted octanol–water partition coefficient (Wildman–Crippen LogP) is -4.30. The Morgan fingerprint density at radius 3 is 0.900 bits per heavy atom. The van der Waals surface area contributed by atoms with Gasteiger partial charge in [0, 0.05) is 21.1 Å². The van der Waals surface area contributed by atoms with Crippen LogP contribution in [0.5, 0.6) is 0 Å². The van der Waals surface area contributed by atoms with Gasteiger partial charge in [0.15, 0.2) is 0 Å². The van der Waals surface area contributed by atoms with Gasteiger partial charge in [-0.05, 0) is 0 Å². The molecule has 0 radical (unpaired) electrons. The molecule has 0 aromatic heterocycles. The molecule has 0 saturated carbocycles. The van der Waals surface area contributed by atoms with Gasteiger partial charge in [-0.1, -0.05) is 0 Å². The molecule has 0 spiro atoms. The van der Waals surface area contributed by atoms with E-state index in [1.807, 2.05) is 0 Å². The van der Waals surface area contributed by atoms with Gasteiger partial charge < -0.3 is 11.0 Å². The van der Waals surface area contributed by atoms with E-state index < -0.39 is 16.7 Å². The summed E-state index contributed by atoms with van der Waals surface area (Å²) in [5.41, 5.74) is 0. The maximum Gasteiger partial charge on any atom is 0 e. The molecule has 0 heterocycles. The Morgan fingerprint density at radius 1 is 0.900 bits per heavy atom. The van der Waals surface area contributed by atoms with Gasteiger partial charge in [0.05, 0.1) is 0 Å². The minimum Gasteiger partial charge on any atom is 0 e. The van der Waals surface area contributed by atoms with Gasteiger partial charge in [-0.2, -0.15) is 0 Å². The van der Waals surface area contributed by atoms with Crippen LogP contribution in [0, 0.1) is 0 Å². The van der Waals surface area contributed by atoms with Crippen molar-refractivity contribution in [1.29, 1.82) is 0 Å². The predicted molar refractivity (Wildman–Crippen MR) is 27.3 cm³/mol.